The lowest BCUT2D eigenvalue weighted by Crippen LogP contribution is -2.30. The lowest BCUT2D eigenvalue weighted by atomic mass is 10.3. The largest absolute Gasteiger partial charge is 0.374 e. The van der Waals surface area contributed by atoms with Crippen LogP contribution in [0.15, 0.2) is 18.2 Å². The quantitative estimate of drug-likeness (QED) is 0.751. The molecule has 3 nitrogen and oxygen atoms in total. The molecule has 1 amide bonds. The number of unbranched alkanes of at least 4 members (excludes halogenated alkanes) is 1. The average molecular weight is 242 g/mol. The van der Waals surface area contributed by atoms with E-state index in [1.165, 1.54) is 6.07 Å². The summed E-state index contributed by atoms with van der Waals surface area (Å²) < 4.78 is 25.8. The summed E-state index contributed by atoms with van der Waals surface area (Å²) in [5.41, 5.74) is 0.122. The molecule has 0 unspecified atom stereocenters. The van der Waals surface area contributed by atoms with E-state index in [1.54, 1.807) is 0 Å². The monoisotopic (exact) mass is 242 g/mol. The minimum absolute atomic E-state index is 0.0216. The number of anilines is 1. The Morgan fingerprint density at radius 1 is 1.35 bits per heavy atom. The number of nitrogens with one attached hydrogen (secondary N) is 2. The lowest BCUT2D eigenvalue weighted by Gasteiger charge is -2.08. The highest BCUT2D eigenvalue weighted by Crippen LogP contribution is 2.14. The number of amides is 1. The first-order valence-corrected chi connectivity index (χ1v) is 5.59. The summed E-state index contributed by atoms with van der Waals surface area (Å²) in [7, 11) is 0. The van der Waals surface area contributed by atoms with E-state index in [4.69, 9.17) is 0 Å². The summed E-state index contributed by atoms with van der Waals surface area (Å²) in [6, 6.07) is 3.18. The Kier molecular flexibility index (Phi) is 5.39. The Balaban J connectivity index is 2.37. The number of hydrogen-bond donors (Lipinski definition) is 2. The van der Waals surface area contributed by atoms with Crippen molar-refractivity contribution in [3.05, 3.63) is 29.8 Å². The van der Waals surface area contributed by atoms with Gasteiger partial charge in [0.15, 0.2) is 0 Å². The predicted molar refractivity (Wildman–Crippen MR) is 62.8 cm³/mol. The molecule has 1 rings (SSSR count). The van der Waals surface area contributed by atoms with Crippen LogP contribution in [-0.4, -0.2) is 19.0 Å². The third-order valence-electron chi connectivity index (χ3n) is 2.22. The van der Waals surface area contributed by atoms with Gasteiger partial charge in [-0.15, -0.1) is 0 Å². The summed E-state index contributed by atoms with van der Waals surface area (Å²) in [5, 5.41) is 5.30. The number of rotatable bonds is 6. The highest BCUT2D eigenvalue weighted by molar-refractivity contribution is 5.80. The number of halogens is 2. The smallest absolute Gasteiger partial charge is 0.239 e. The maximum Gasteiger partial charge on any atom is 0.239 e. The van der Waals surface area contributed by atoms with Crippen molar-refractivity contribution >= 4 is 11.6 Å². The molecule has 0 atom stereocenters. The second-order valence-electron chi connectivity index (χ2n) is 3.68. The first-order chi connectivity index (χ1) is 8.13. The van der Waals surface area contributed by atoms with Gasteiger partial charge >= 0.3 is 0 Å². The van der Waals surface area contributed by atoms with Gasteiger partial charge in [0.1, 0.15) is 11.6 Å². The van der Waals surface area contributed by atoms with Crippen LogP contribution in [0.5, 0.6) is 0 Å². The van der Waals surface area contributed by atoms with Crippen LogP contribution >= 0.6 is 0 Å². The molecule has 94 valence electrons. The molecule has 2 N–H and O–H groups in total. The SMILES string of the molecule is CCCCNC(=O)CNc1ccc(F)cc1F. The summed E-state index contributed by atoms with van der Waals surface area (Å²) in [5.74, 6) is -1.55. The van der Waals surface area contributed by atoms with E-state index >= 15 is 0 Å². The molecular formula is C12H16F2N2O. The van der Waals surface area contributed by atoms with Crippen LogP contribution in [0, 0.1) is 11.6 Å². The van der Waals surface area contributed by atoms with Gasteiger partial charge in [0.25, 0.3) is 0 Å². The minimum Gasteiger partial charge on any atom is -0.374 e. The summed E-state index contributed by atoms with van der Waals surface area (Å²) in [6.45, 7) is 2.62. The van der Waals surface area contributed by atoms with E-state index in [0.29, 0.717) is 6.54 Å². The molecule has 0 aromatic heterocycles. The van der Waals surface area contributed by atoms with Gasteiger partial charge in [-0.1, -0.05) is 13.3 Å². The molecular weight excluding hydrogens is 226 g/mol. The van der Waals surface area contributed by atoms with Gasteiger partial charge in [-0.05, 0) is 18.6 Å². The molecule has 1 aromatic rings. The van der Waals surface area contributed by atoms with E-state index in [1.807, 2.05) is 6.92 Å². The number of carbonyl (C=O) groups is 1. The molecule has 0 aliphatic carbocycles. The van der Waals surface area contributed by atoms with Crippen molar-refractivity contribution in [2.45, 2.75) is 19.8 Å². The molecule has 0 aliphatic heterocycles. The normalized spacial score (nSPS) is 10.1. The Hall–Kier alpha value is -1.65. The maximum absolute atomic E-state index is 13.2. The fraction of sp³-hybridized carbons (Fsp3) is 0.417. The third-order valence-corrected chi connectivity index (χ3v) is 2.22. The zero-order chi connectivity index (χ0) is 12.7. The Morgan fingerprint density at radius 3 is 2.76 bits per heavy atom. The fourth-order valence-corrected chi connectivity index (χ4v) is 1.28. The molecule has 0 saturated carbocycles. The summed E-state index contributed by atoms with van der Waals surface area (Å²) >= 11 is 0. The molecule has 5 heteroatoms. The number of carbonyl (C=O) groups excluding carboxylic acids is 1. The van der Waals surface area contributed by atoms with Gasteiger partial charge in [-0.25, -0.2) is 8.78 Å². The zero-order valence-electron chi connectivity index (χ0n) is 9.72. The molecule has 0 spiro atoms. The van der Waals surface area contributed by atoms with Crippen LogP contribution in [0.25, 0.3) is 0 Å². The van der Waals surface area contributed by atoms with Gasteiger partial charge in [0.2, 0.25) is 5.91 Å². The van der Waals surface area contributed by atoms with Crippen LogP contribution < -0.4 is 10.6 Å². The summed E-state index contributed by atoms with van der Waals surface area (Å²) in [4.78, 5) is 11.3. The molecule has 1 aromatic carbocycles. The highest BCUT2D eigenvalue weighted by atomic mass is 19.1. The van der Waals surface area contributed by atoms with Crippen molar-refractivity contribution in [2.75, 3.05) is 18.4 Å². The Bertz CT molecular complexity index is 383. The molecule has 0 aliphatic rings. The van der Waals surface area contributed by atoms with E-state index in [-0.39, 0.29) is 18.1 Å². The first kappa shape index (κ1) is 13.4. The number of benzene rings is 1. The highest BCUT2D eigenvalue weighted by Gasteiger charge is 2.05. The van der Waals surface area contributed by atoms with Crippen LogP contribution in [0.1, 0.15) is 19.8 Å². The molecule has 0 radical (unpaired) electrons. The second kappa shape index (κ2) is 6.83. The van der Waals surface area contributed by atoms with Crippen LogP contribution in [-0.2, 0) is 4.79 Å². The summed E-state index contributed by atoms with van der Waals surface area (Å²) in [6.07, 6.45) is 1.91. The average Bonchev–Trinajstić information content (AvgIpc) is 2.28. The minimum atomic E-state index is -0.702. The number of hydrogen-bond acceptors (Lipinski definition) is 2. The Morgan fingerprint density at radius 2 is 2.12 bits per heavy atom. The van der Waals surface area contributed by atoms with Gasteiger partial charge in [0, 0.05) is 12.6 Å². The molecule has 0 heterocycles. The fourth-order valence-electron chi connectivity index (χ4n) is 1.28. The van der Waals surface area contributed by atoms with Crippen LogP contribution in [0.2, 0.25) is 0 Å². The first-order valence-electron chi connectivity index (χ1n) is 5.59. The lowest BCUT2D eigenvalue weighted by molar-refractivity contribution is -0.119. The van der Waals surface area contributed by atoms with Crippen LogP contribution in [0.4, 0.5) is 14.5 Å². The predicted octanol–water partition coefficient (Wildman–Crippen LogP) is 2.29. The van der Waals surface area contributed by atoms with Crippen molar-refractivity contribution in [1.29, 1.82) is 0 Å². The maximum atomic E-state index is 13.2. The van der Waals surface area contributed by atoms with E-state index in [2.05, 4.69) is 10.6 Å². The Labute approximate surface area is 99.2 Å². The van der Waals surface area contributed by atoms with Gasteiger partial charge < -0.3 is 10.6 Å². The van der Waals surface area contributed by atoms with Gasteiger partial charge in [-0.2, -0.15) is 0 Å². The van der Waals surface area contributed by atoms with Crippen molar-refractivity contribution in [2.24, 2.45) is 0 Å². The third kappa shape index (κ3) is 4.80. The second-order valence-corrected chi connectivity index (χ2v) is 3.68. The van der Waals surface area contributed by atoms with Crippen molar-refractivity contribution in [3.63, 3.8) is 0 Å². The molecule has 17 heavy (non-hydrogen) atoms. The van der Waals surface area contributed by atoms with Crippen molar-refractivity contribution < 1.29 is 13.6 Å². The van der Waals surface area contributed by atoms with Gasteiger partial charge in [-0.3, -0.25) is 4.79 Å². The zero-order valence-corrected chi connectivity index (χ0v) is 9.72. The van der Waals surface area contributed by atoms with Gasteiger partial charge in [0.05, 0.1) is 12.2 Å². The van der Waals surface area contributed by atoms with E-state index in [0.717, 1.165) is 25.0 Å². The van der Waals surface area contributed by atoms with Crippen molar-refractivity contribution in [1.82, 2.24) is 5.32 Å². The standard InChI is InChI=1S/C12H16F2N2O/c1-2-3-6-15-12(17)8-16-11-5-4-9(13)7-10(11)14/h4-5,7,16H,2-3,6,8H2,1H3,(H,15,17). The van der Waals surface area contributed by atoms with E-state index in [9.17, 15) is 13.6 Å². The molecule has 0 saturated heterocycles. The topological polar surface area (TPSA) is 41.1 Å². The molecule has 0 bridgehead atoms. The van der Waals surface area contributed by atoms with Crippen LogP contribution in [0.3, 0.4) is 0 Å². The molecule has 0 fully saturated rings. The van der Waals surface area contributed by atoms with E-state index < -0.39 is 11.6 Å². The van der Waals surface area contributed by atoms with Crippen molar-refractivity contribution in [3.8, 4) is 0 Å².